The molecule has 262 valence electrons. The van der Waals surface area contributed by atoms with E-state index in [1.165, 1.54) is 12.1 Å². The van der Waals surface area contributed by atoms with E-state index in [1.54, 1.807) is 24.3 Å². The first-order chi connectivity index (χ1) is 23.9. The number of carbonyl (C=O) groups is 4. The number of esters is 4. The van der Waals surface area contributed by atoms with Gasteiger partial charge in [0.05, 0.1) is 0 Å². The highest BCUT2D eigenvalue weighted by molar-refractivity contribution is 5.86. The molecule has 0 saturated carbocycles. The SMILES string of the molecule is CC(=O)OC[C@H]1O[C@@H](Oc2cc(O)c3c(=O)cc(-c4ccc(OCc5ccccc5)cc4)oc3c2)[C@H](OC(C)=O)[C@@H](OC(C)=O)[C@@H]1OC(C)=O. The van der Waals surface area contributed by atoms with E-state index >= 15 is 0 Å². The molecule has 1 saturated heterocycles. The van der Waals surface area contributed by atoms with Gasteiger partial charge in [0.15, 0.2) is 17.6 Å². The predicted molar refractivity (Wildman–Crippen MR) is 173 cm³/mol. The second-order valence-corrected chi connectivity index (χ2v) is 11.3. The molecule has 1 aromatic heterocycles. The van der Waals surface area contributed by atoms with Gasteiger partial charge in [-0.25, -0.2) is 0 Å². The Bertz CT molecular complexity index is 1920. The van der Waals surface area contributed by atoms with Gasteiger partial charge in [-0.2, -0.15) is 0 Å². The number of ether oxygens (including phenoxy) is 7. The van der Waals surface area contributed by atoms with Gasteiger partial charge in [-0.15, -0.1) is 0 Å². The van der Waals surface area contributed by atoms with Gasteiger partial charge in [-0.3, -0.25) is 24.0 Å². The molecule has 1 N–H and O–H groups in total. The number of phenols is 1. The first-order valence-corrected chi connectivity index (χ1v) is 15.4. The van der Waals surface area contributed by atoms with Crippen molar-refractivity contribution in [3.05, 3.63) is 88.6 Å². The van der Waals surface area contributed by atoms with E-state index in [1.807, 2.05) is 30.3 Å². The van der Waals surface area contributed by atoms with Crippen molar-refractivity contribution in [1.29, 1.82) is 0 Å². The fourth-order valence-electron chi connectivity index (χ4n) is 5.33. The molecular weight excluding hydrogens is 656 g/mol. The van der Waals surface area contributed by atoms with Gasteiger partial charge in [0.25, 0.3) is 0 Å². The van der Waals surface area contributed by atoms with Gasteiger partial charge in [0.2, 0.25) is 12.4 Å². The van der Waals surface area contributed by atoms with Crippen molar-refractivity contribution >= 4 is 34.8 Å². The fourth-order valence-corrected chi connectivity index (χ4v) is 5.33. The smallest absolute Gasteiger partial charge is 0.303 e. The zero-order valence-electron chi connectivity index (χ0n) is 27.5. The number of fused-ring (bicyclic) bond motifs is 1. The molecular formula is C36H34O14. The minimum absolute atomic E-state index is 0.0578. The van der Waals surface area contributed by atoms with Crippen molar-refractivity contribution < 1.29 is 61.9 Å². The lowest BCUT2D eigenvalue weighted by Gasteiger charge is -2.43. The van der Waals surface area contributed by atoms with Crippen LogP contribution in [0.4, 0.5) is 0 Å². The number of hydrogen-bond acceptors (Lipinski definition) is 14. The fraction of sp³-hybridized carbons (Fsp3) is 0.306. The van der Waals surface area contributed by atoms with Crippen molar-refractivity contribution in [2.45, 2.75) is 65.0 Å². The number of carbonyl (C=O) groups excluding carboxylic acids is 4. The second-order valence-electron chi connectivity index (χ2n) is 11.3. The van der Waals surface area contributed by atoms with E-state index in [-0.39, 0.29) is 22.5 Å². The molecule has 2 heterocycles. The van der Waals surface area contributed by atoms with Crippen LogP contribution < -0.4 is 14.9 Å². The summed E-state index contributed by atoms with van der Waals surface area (Å²) in [6.45, 7) is 4.34. The molecule has 1 aliphatic rings. The Balaban J connectivity index is 1.46. The Kier molecular flexibility index (Phi) is 11.0. The van der Waals surface area contributed by atoms with Gasteiger partial charge < -0.3 is 42.7 Å². The van der Waals surface area contributed by atoms with Crippen molar-refractivity contribution in [2.24, 2.45) is 0 Å². The minimum atomic E-state index is -1.58. The van der Waals surface area contributed by atoms with E-state index in [0.717, 1.165) is 39.3 Å². The zero-order chi connectivity index (χ0) is 35.9. The maximum absolute atomic E-state index is 13.1. The molecule has 14 nitrogen and oxygen atoms in total. The van der Waals surface area contributed by atoms with E-state index < -0.39 is 72.4 Å². The molecule has 0 aliphatic carbocycles. The minimum Gasteiger partial charge on any atom is -0.507 e. The third-order valence-electron chi connectivity index (χ3n) is 7.37. The third kappa shape index (κ3) is 8.76. The molecule has 0 bridgehead atoms. The summed E-state index contributed by atoms with van der Waals surface area (Å²) in [7, 11) is 0. The summed E-state index contributed by atoms with van der Waals surface area (Å²) in [4.78, 5) is 61.1. The maximum atomic E-state index is 13.1. The summed E-state index contributed by atoms with van der Waals surface area (Å²) < 4.78 is 45.2. The van der Waals surface area contributed by atoms with Crippen molar-refractivity contribution in [2.75, 3.05) is 6.61 Å². The average molecular weight is 691 g/mol. The van der Waals surface area contributed by atoms with E-state index in [4.69, 9.17) is 37.6 Å². The highest BCUT2D eigenvalue weighted by Gasteiger charge is 2.53. The molecule has 5 rings (SSSR count). The standard InChI is InChI=1S/C36H34O14/c1-19(37)43-18-31-33(45-20(2)38)34(46-21(3)39)35(47-22(4)40)36(50-31)48-26-14-27(41)32-28(42)16-29(49-30(32)15-26)24-10-12-25(13-11-24)44-17-23-8-6-5-7-9-23/h5-16,31,33-36,41H,17-18H2,1-4H3/t31-,33-,34+,35-,36-/m1/s1. The van der Waals surface area contributed by atoms with Crippen LogP contribution >= 0.6 is 0 Å². The number of phenolic OH excluding ortho intramolecular Hbond substituents is 1. The Labute approximate surface area is 285 Å². The quantitative estimate of drug-likeness (QED) is 0.174. The zero-order valence-corrected chi connectivity index (χ0v) is 27.5. The first kappa shape index (κ1) is 35.4. The molecule has 3 aromatic carbocycles. The van der Waals surface area contributed by atoms with Crippen LogP contribution in [0.2, 0.25) is 0 Å². The number of benzene rings is 3. The summed E-state index contributed by atoms with van der Waals surface area (Å²) in [5.74, 6) is -2.93. The Morgan fingerprint density at radius 3 is 2.02 bits per heavy atom. The molecule has 4 aromatic rings. The molecule has 1 fully saturated rings. The van der Waals surface area contributed by atoms with Gasteiger partial charge in [-0.05, 0) is 29.8 Å². The van der Waals surface area contributed by atoms with Crippen molar-refractivity contribution in [3.8, 4) is 28.6 Å². The molecule has 0 amide bonds. The molecule has 5 atom stereocenters. The molecule has 0 radical (unpaired) electrons. The third-order valence-corrected chi connectivity index (χ3v) is 7.37. The summed E-state index contributed by atoms with van der Waals surface area (Å²) >= 11 is 0. The Hall–Kier alpha value is -5.89. The van der Waals surface area contributed by atoms with Gasteiger partial charge >= 0.3 is 23.9 Å². The number of hydrogen-bond donors (Lipinski definition) is 1. The normalized spacial score (nSPS) is 20.0. The Morgan fingerprint density at radius 1 is 0.740 bits per heavy atom. The summed E-state index contributed by atoms with van der Waals surface area (Å²) in [6.07, 6.45) is -7.22. The van der Waals surface area contributed by atoms with Crippen LogP contribution in [0, 0.1) is 0 Å². The van der Waals surface area contributed by atoms with Crippen LogP contribution in [0.1, 0.15) is 33.3 Å². The second kappa shape index (κ2) is 15.6. The first-order valence-electron chi connectivity index (χ1n) is 15.4. The summed E-state index contributed by atoms with van der Waals surface area (Å²) in [5, 5.41) is 10.7. The molecule has 0 unspecified atom stereocenters. The highest BCUT2D eigenvalue weighted by Crippen LogP contribution is 2.35. The van der Waals surface area contributed by atoms with Crippen LogP contribution in [-0.4, -0.2) is 66.3 Å². The molecule has 14 heteroatoms. The number of aromatic hydroxyl groups is 1. The van der Waals surface area contributed by atoms with Crippen LogP contribution in [0.15, 0.2) is 82.0 Å². The topological polar surface area (TPSA) is 183 Å². The van der Waals surface area contributed by atoms with Crippen molar-refractivity contribution in [1.82, 2.24) is 0 Å². The average Bonchev–Trinajstić information content (AvgIpc) is 3.05. The summed E-state index contributed by atoms with van der Waals surface area (Å²) in [5.41, 5.74) is 0.944. The number of rotatable bonds is 11. The predicted octanol–water partition coefficient (Wildman–Crippen LogP) is 4.21. The lowest BCUT2D eigenvalue weighted by atomic mass is 9.98. The van der Waals surface area contributed by atoms with Crippen LogP contribution in [0.3, 0.4) is 0 Å². The van der Waals surface area contributed by atoms with E-state index in [2.05, 4.69) is 0 Å². The molecule has 50 heavy (non-hydrogen) atoms. The van der Waals surface area contributed by atoms with Crippen LogP contribution in [-0.2, 0) is 49.5 Å². The summed E-state index contributed by atoms with van der Waals surface area (Å²) in [6, 6.07) is 20.2. The van der Waals surface area contributed by atoms with E-state index in [9.17, 15) is 29.1 Å². The van der Waals surface area contributed by atoms with Gasteiger partial charge in [0, 0.05) is 51.5 Å². The lowest BCUT2D eigenvalue weighted by molar-refractivity contribution is -0.288. The monoisotopic (exact) mass is 690 g/mol. The van der Waals surface area contributed by atoms with Crippen molar-refractivity contribution in [3.63, 3.8) is 0 Å². The molecule has 0 spiro atoms. The van der Waals surface area contributed by atoms with E-state index in [0.29, 0.717) is 17.9 Å². The molecule has 1 aliphatic heterocycles. The maximum Gasteiger partial charge on any atom is 0.303 e. The van der Waals surface area contributed by atoms with Gasteiger partial charge in [0.1, 0.15) is 53.3 Å². The van der Waals surface area contributed by atoms with Crippen LogP contribution in [0.5, 0.6) is 17.2 Å². The lowest BCUT2D eigenvalue weighted by Crippen LogP contribution is -2.63. The Morgan fingerprint density at radius 2 is 1.38 bits per heavy atom. The highest BCUT2D eigenvalue weighted by atomic mass is 16.7. The largest absolute Gasteiger partial charge is 0.507 e. The van der Waals surface area contributed by atoms with Crippen LogP contribution in [0.25, 0.3) is 22.3 Å². The van der Waals surface area contributed by atoms with Gasteiger partial charge in [-0.1, -0.05) is 30.3 Å².